The molecule has 1 heterocycles. The largest absolute Gasteiger partial charge is 0.491 e. The number of benzene rings is 1. The van der Waals surface area contributed by atoms with Gasteiger partial charge in [-0.15, -0.1) is 0 Å². The van der Waals surface area contributed by atoms with Crippen LogP contribution in [0.5, 0.6) is 0 Å². The van der Waals surface area contributed by atoms with Crippen LogP contribution in [0.4, 0.5) is 0 Å². The fraction of sp³-hybridized carbons (Fsp3) is 0.500. The van der Waals surface area contributed by atoms with Gasteiger partial charge in [0.25, 0.3) is 0 Å². The van der Waals surface area contributed by atoms with Crippen LogP contribution in [0, 0.1) is 6.92 Å². The summed E-state index contributed by atoms with van der Waals surface area (Å²) in [4.78, 5) is 11.9. The predicted octanol–water partition coefficient (Wildman–Crippen LogP) is 2.76. The molecule has 2 rings (SSSR count). The summed E-state index contributed by atoms with van der Waals surface area (Å²) >= 11 is 0. The van der Waals surface area contributed by atoms with Gasteiger partial charge in [-0.3, -0.25) is 0 Å². The highest BCUT2D eigenvalue weighted by Crippen LogP contribution is 2.38. The van der Waals surface area contributed by atoms with Crippen molar-refractivity contribution in [2.75, 3.05) is 13.7 Å². The molecule has 130 valence electrons. The van der Waals surface area contributed by atoms with Crippen LogP contribution >= 0.6 is 0 Å². The Balaban J connectivity index is 2.38. The van der Waals surface area contributed by atoms with Gasteiger partial charge in [-0.25, -0.2) is 4.79 Å². The van der Waals surface area contributed by atoms with Gasteiger partial charge in [0.15, 0.2) is 0 Å². The van der Waals surface area contributed by atoms with Crippen molar-refractivity contribution in [2.45, 2.75) is 45.8 Å². The van der Waals surface area contributed by atoms with E-state index in [-0.39, 0.29) is 5.97 Å². The number of esters is 1. The van der Waals surface area contributed by atoms with E-state index in [4.69, 9.17) is 19.8 Å². The van der Waals surface area contributed by atoms with Crippen molar-refractivity contribution in [1.29, 1.82) is 0 Å². The number of hydrogen-bond donors (Lipinski definition) is 1. The van der Waals surface area contributed by atoms with Crippen molar-refractivity contribution in [3.8, 4) is 0 Å². The Morgan fingerprint density at radius 1 is 1.25 bits per heavy atom. The Kier molecular flexibility index (Phi) is 5.23. The zero-order valence-electron chi connectivity index (χ0n) is 15.3. The van der Waals surface area contributed by atoms with Gasteiger partial charge in [0.05, 0.1) is 23.9 Å². The molecule has 2 N–H and O–H groups in total. The molecular weight excluding hydrogens is 305 g/mol. The first-order chi connectivity index (χ1) is 11.1. The lowest BCUT2D eigenvalue weighted by Crippen LogP contribution is -2.41. The van der Waals surface area contributed by atoms with E-state index in [1.165, 1.54) is 7.11 Å². The Bertz CT molecular complexity index is 651. The van der Waals surface area contributed by atoms with E-state index < -0.39 is 18.3 Å². The summed E-state index contributed by atoms with van der Waals surface area (Å²) in [6, 6.07) is 5.50. The third-order valence-corrected chi connectivity index (χ3v) is 4.91. The first-order valence-corrected chi connectivity index (χ1v) is 8.07. The first-order valence-electron chi connectivity index (χ1n) is 8.07. The number of nitrogens with two attached hydrogens (primary N) is 1. The van der Waals surface area contributed by atoms with E-state index in [2.05, 4.69) is 0 Å². The second-order valence-electron chi connectivity index (χ2n) is 7.02. The van der Waals surface area contributed by atoms with Crippen molar-refractivity contribution in [2.24, 2.45) is 5.73 Å². The van der Waals surface area contributed by atoms with E-state index in [0.717, 1.165) is 16.6 Å². The highest BCUT2D eigenvalue weighted by Gasteiger charge is 2.52. The average molecular weight is 331 g/mol. The topological polar surface area (TPSA) is 70.8 Å². The fourth-order valence-corrected chi connectivity index (χ4v) is 2.56. The molecule has 1 aliphatic heterocycles. The molecule has 0 bridgehead atoms. The number of ether oxygens (including phenoxy) is 1. The van der Waals surface area contributed by atoms with Gasteiger partial charge in [-0.1, -0.05) is 18.2 Å². The van der Waals surface area contributed by atoms with E-state index in [1.807, 2.05) is 52.8 Å². The fourth-order valence-electron chi connectivity index (χ4n) is 2.56. The summed E-state index contributed by atoms with van der Waals surface area (Å²) in [7, 11) is 0.876. The van der Waals surface area contributed by atoms with Crippen LogP contribution in [0.2, 0.25) is 0 Å². The average Bonchev–Trinajstić information content (AvgIpc) is 2.73. The van der Waals surface area contributed by atoms with Crippen LogP contribution in [0.15, 0.2) is 23.7 Å². The van der Waals surface area contributed by atoms with Gasteiger partial charge < -0.3 is 19.8 Å². The molecule has 0 radical (unpaired) electrons. The van der Waals surface area contributed by atoms with E-state index >= 15 is 0 Å². The van der Waals surface area contributed by atoms with Gasteiger partial charge >= 0.3 is 13.1 Å². The summed E-state index contributed by atoms with van der Waals surface area (Å²) in [5.74, 6) is -0.354. The second-order valence-corrected chi connectivity index (χ2v) is 7.02. The van der Waals surface area contributed by atoms with Crippen LogP contribution in [0.3, 0.4) is 0 Å². The monoisotopic (exact) mass is 331 g/mol. The third kappa shape index (κ3) is 3.41. The van der Waals surface area contributed by atoms with Crippen molar-refractivity contribution < 1.29 is 18.8 Å². The molecule has 0 spiro atoms. The van der Waals surface area contributed by atoms with Crippen LogP contribution < -0.4 is 5.73 Å². The molecule has 5 nitrogen and oxygen atoms in total. The maximum atomic E-state index is 11.9. The van der Waals surface area contributed by atoms with Gasteiger partial charge in [0.2, 0.25) is 0 Å². The van der Waals surface area contributed by atoms with E-state index in [0.29, 0.717) is 12.1 Å². The van der Waals surface area contributed by atoms with E-state index in [9.17, 15) is 4.79 Å². The van der Waals surface area contributed by atoms with Crippen molar-refractivity contribution in [1.82, 2.24) is 0 Å². The lowest BCUT2D eigenvalue weighted by molar-refractivity contribution is 0.00578. The number of rotatable bonds is 4. The molecule has 0 saturated carbocycles. The Morgan fingerprint density at radius 3 is 2.33 bits per heavy atom. The van der Waals surface area contributed by atoms with Crippen LogP contribution in [-0.4, -0.2) is 37.9 Å². The standard InChI is InChI=1S/C18H26BNO4/c1-12-13(8-7-9-15(12)16(21)22-6)10-14(11-20)19-23-17(2,3)18(4,5)24-19/h7-10H,11,20H2,1-6H3. The summed E-state index contributed by atoms with van der Waals surface area (Å²) in [6.45, 7) is 10.2. The molecular formula is C18H26BNO4. The van der Waals surface area contributed by atoms with Crippen molar-refractivity contribution in [3.05, 3.63) is 40.4 Å². The Hall–Kier alpha value is -1.63. The van der Waals surface area contributed by atoms with Crippen molar-refractivity contribution in [3.63, 3.8) is 0 Å². The lowest BCUT2D eigenvalue weighted by Gasteiger charge is -2.32. The quantitative estimate of drug-likeness (QED) is 0.678. The third-order valence-electron chi connectivity index (χ3n) is 4.91. The predicted molar refractivity (Wildman–Crippen MR) is 95.6 cm³/mol. The summed E-state index contributed by atoms with van der Waals surface area (Å²) in [6.07, 6.45) is 1.93. The molecule has 1 fully saturated rings. The van der Waals surface area contributed by atoms with Crippen molar-refractivity contribution >= 4 is 19.2 Å². The number of methoxy groups -OCH3 is 1. The van der Waals surface area contributed by atoms with E-state index in [1.54, 1.807) is 6.07 Å². The van der Waals surface area contributed by atoms with Gasteiger partial charge in [-0.2, -0.15) is 0 Å². The number of carbonyl (C=O) groups is 1. The zero-order chi connectivity index (χ0) is 18.1. The van der Waals surface area contributed by atoms with Crippen LogP contribution in [0.25, 0.3) is 6.08 Å². The lowest BCUT2D eigenvalue weighted by atomic mass is 9.76. The smallest absolute Gasteiger partial charge is 0.465 e. The minimum absolute atomic E-state index is 0.304. The second kappa shape index (κ2) is 6.71. The normalized spacial score (nSPS) is 19.5. The molecule has 0 atom stereocenters. The minimum Gasteiger partial charge on any atom is -0.465 e. The number of carbonyl (C=O) groups excluding carboxylic acids is 1. The molecule has 1 aromatic carbocycles. The minimum atomic E-state index is -0.499. The Labute approximate surface area is 144 Å². The molecule has 0 unspecified atom stereocenters. The molecule has 6 heteroatoms. The molecule has 0 aliphatic carbocycles. The summed E-state index contributed by atoms with van der Waals surface area (Å²) < 4.78 is 17.0. The van der Waals surface area contributed by atoms with Gasteiger partial charge in [0, 0.05) is 6.54 Å². The number of hydrogen-bond acceptors (Lipinski definition) is 5. The summed E-state index contributed by atoms with van der Waals surface area (Å²) in [5, 5.41) is 0. The molecule has 24 heavy (non-hydrogen) atoms. The Morgan fingerprint density at radius 2 is 1.83 bits per heavy atom. The molecule has 0 aromatic heterocycles. The molecule has 1 saturated heterocycles. The maximum Gasteiger partial charge on any atom is 0.491 e. The SMILES string of the molecule is COC(=O)c1cccc(C=C(CN)B2OC(C)(C)C(C)(C)O2)c1C. The van der Waals surface area contributed by atoms with Crippen LogP contribution in [0.1, 0.15) is 49.2 Å². The molecule has 1 aromatic rings. The van der Waals surface area contributed by atoms with Gasteiger partial charge in [0.1, 0.15) is 0 Å². The molecule has 1 aliphatic rings. The van der Waals surface area contributed by atoms with Crippen LogP contribution in [-0.2, 0) is 14.0 Å². The molecule has 0 amide bonds. The highest BCUT2D eigenvalue weighted by atomic mass is 16.7. The maximum absolute atomic E-state index is 11.9. The summed E-state index contributed by atoms with van der Waals surface area (Å²) in [5.41, 5.74) is 8.19. The zero-order valence-corrected chi connectivity index (χ0v) is 15.3. The van der Waals surface area contributed by atoms with Gasteiger partial charge in [-0.05, 0) is 57.3 Å². The highest BCUT2D eigenvalue weighted by molar-refractivity contribution is 6.55. The first kappa shape index (κ1) is 18.7.